The summed E-state index contributed by atoms with van der Waals surface area (Å²) in [5.41, 5.74) is 0.538. The monoisotopic (exact) mass is 158 g/mol. The molecule has 0 nitrogen and oxygen atoms in total. The predicted molar refractivity (Wildman–Crippen MR) is 43.7 cm³/mol. The van der Waals surface area contributed by atoms with E-state index >= 15 is 0 Å². The van der Waals surface area contributed by atoms with Gasteiger partial charge in [-0.05, 0) is 6.92 Å². The van der Waals surface area contributed by atoms with E-state index in [1.165, 1.54) is 12.2 Å². The van der Waals surface area contributed by atoms with Crippen molar-refractivity contribution in [3.05, 3.63) is 36.5 Å². The van der Waals surface area contributed by atoms with Crippen molar-refractivity contribution in [3.8, 4) is 0 Å². The Bertz CT molecular complexity index is 194. The van der Waals surface area contributed by atoms with E-state index in [0.717, 1.165) is 12.5 Å². The summed E-state index contributed by atoms with van der Waals surface area (Å²) in [6.45, 7) is 9.31. The van der Waals surface area contributed by atoms with Crippen LogP contribution in [0.5, 0.6) is 0 Å². The van der Waals surface area contributed by atoms with Gasteiger partial charge in [0, 0.05) is 12.5 Å². The van der Waals surface area contributed by atoms with Gasteiger partial charge in [-0.25, -0.2) is 8.78 Å². The van der Waals surface area contributed by atoms with Gasteiger partial charge in [-0.3, -0.25) is 0 Å². The van der Waals surface area contributed by atoms with Crippen LogP contribution < -0.4 is 0 Å². The van der Waals surface area contributed by atoms with Crippen molar-refractivity contribution < 1.29 is 8.78 Å². The summed E-state index contributed by atoms with van der Waals surface area (Å²) in [5.74, 6) is -2.83. The molecular weight excluding hydrogens is 146 g/mol. The Morgan fingerprint density at radius 1 is 1.27 bits per heavy atom. The largest absolute Gasteiger partial charge is 0.269 e. The average Bonchev–Trinajstić information content (AvgIpc) is 1.80. The third kappa shape index (κ3) is 4.48. The summed E-state index contributed by atoms with van der Waals surface area (Å²) < 4.78 is 24.8. The van der Waals surface area contributed by atoms with Gasteiger partial charge in [-0.15, -0.1) is 0 Å². The van der Waals surface area contributed by atoms with E-state index < -0.39 is 5.92 Å². The van der Waals surface area contributed by atoms with Crippen LogP contribution in [-0.4, -0.2) is 5.92 Å². The zero-order chi connectivity index (χ0) is 9.07. The van der Waals surface area contributed by atoms with Gasteiger partial charge in [0.25, 0.3) is 5.92 Å². The van der Waals surface area contributed by atoms with E-state index in [1.807, 2.05) is 0 Å². The van der Waals surface area contributed by atoms with Crippen molar-refractivity contribution in [1.29, 1.82) is 0 Å². The standard InChI is InChI=1S/C9H12F2/c1-7(2)5-6-8(3)9(4,10)11/h5-6H,1,3H2,2,4H3/b6-5-. The molecule has 0 saturated carbocycles. The van der Waals surface area contributed by atoms with Crippen molar-refractivity contribution in [1.82, 2.24) is 0 Å². The Hall–Kier alpha value is -0.920. The molecular formula is C9H12F2. The molecule has 0 spiro atoms. The molecule has 11 heavy (non-hydrogen) atoms. The van der Waals surface area contributed by atoms with Crippen LogP contribution >= 0.6 is 0 Å². The molecule has 0 aromatic carbocycles. The number of hydrogen-bond donors (Lipinski definition) is 0. The summed E-state index contributed by atoms with van der Waals surface area (Å²) in [5, 5.41) is 0. The molecule has 62 valence electrons. The van der Waals surface area contributed by atoms with Crippen LogP contribution in [0.2, 0.25) is 0 Å². The van der Waals surface area contributed by atoms with E-state index in [0.29, 0.717) is 0 Å². The quantitative estimate of drug-likeness (QED) is 0.552. The molecule has 0 atom stereocenters. The Balaban J connectivity index is 4.20. The summed E-state index contributed by atoms with van der Waals surface area (Å²) in [6, 6.07) is 0. The maximum Gasteiger partial charge on any atom is 0.269 e. The fourth-order valence-electron chi connectivity index (χ4n) is 0.389. The number of allylic oxidation sites excluding steroid dienone is 4. The normalized spacial score (nSPS) is 12.0. The van der Waals surface area contributed by atoms with Crippen molar-refractivity contribution in [2.45, 2.75) is 19.8 Å². The van der Waals surface area contributed by atoms with Crippen molar-refractivity contribution in [2.24, 2.45) is 0 Å². The lowest BCUT2D eigenvalue weighted by molar-refractivity contribution is 0.0680. The third-order valence-electron chi connectivity index (χ3n) is 1.13. The first-order chi connectivity index (χ1) is 4.84. The van der Waals surface area contributed by atoms with Gasteiger partial charge in [0.2, 0.25) is 0 Å². The summed E-state index contributed by atoms with van der Waals surface area (Å²) in [6.07, 6.45) is 2.79. The predicted octanol–water partition coefficient (Wildman–Crippen LogP) is 3.33. The van der Waals surface area contributed by atoms with E-state index in [4.69, 9.17) is 0 Å². The first-order valence-corrected chi connectivity index (χ1v) is 3.25. The van der Waals surface area contributed by atoms with Crippen LogP contribution in [0.4, 0.5) is 8.78 Å². The van der Waals surface area contributed by atoms with Crippen molar-refractivity contribution >= 4 is 0 Å². The number of rotatable bonds is 3. The summed E-state index contributed by atoms with van der Waals surface area (Å²) in [7, 11) is 0. The number of alkyl halides is 2. The highest BCUT2D eigenvalue weighted by Gasteiger charge is 2.22. The van der Waals surface area contributed by atoms with Crippen molar-refractivity contribution in [3.63, 3.8) is 0 Å². The second-order valence-corrected chi connectivity index (χ2v) is 2.59. The second kappa shape index (κ2) is 3.46. The number of halogens is 2. The van der Waals surface area contributed by atoms with E-state index in [9.17, 15) is 8.78 Å². The van der Waals surface area contributed by atoms with Gasteiger partial charge in [0.05, 0.1) is 0 Å². The smallest absolute Gasteiger partial charge is 0.202 e. The Labute approximate surface area is 65.9 Å². The molecule has 0 amide bonds. The minimum atomic E-state index is -2.83. The highest BCUT2D eigenvalue weighted by atomic mass is 19.3. The zero-order valence-corrected chi connectivity index (χ0v) is 6.82. The lowest BCUT2D eigenvalue weighted by Gasteiger charge is -2.08. The SMILES string of the molecule is C=C(C)/C=C\C(=C)C(C)(F)F. The molecule has 0 rings (SSSR count). The first-order valence-electron chi connectivity index (χ1n) is 3.25. The molecule has 0 fully saturated rings. The molecule has 0 bridgehead atoms. The third-order valence-corrected chi connectivity index (χ3v) is 1.13. The van der Waals surface area contributed by atoms with E-state index in [1.54, 1.807) is 6.92 Å². The fraction of sp³-hybridized carbons (Fsp3) is 0.333. The molecule has 0 radical (unpaired) electrons. The van der Waals surface area contributed by atoms with Crippen LogP contribution in [0, 0.1) is 0 Å². The molecule has 0 aromatic heterocycles. The number of hydrogen-bond acceptors (Lipinski definition) is 0. The molecule has 0 aliphatic heterocycles. The fourth-order valence-corrected chi connectivity index (χ4v) is 0.389. The van der Waals surface area contributed by atoms with E-state index in [2.05, 4.69) is 13.2 Å². The molecule has 0 aliphatic carbocycles. The molecule has 0 aliphatic rings. The molecule has 0 aromatic rings. The lowest BCUT2D eigenvalue weighted by Crippen LogP contribution is -2.10. The van der Waals surface area contributed by atoms with Gasteiger partial charge < -0.3 is 0 Å². The van der Waals surface area contributed by atoms with Crippen LogP contribution in [-0.2, 0) is 0 Å². The molecule has 0 heterocycles. The average molecular weight is 158 g/mol. The molecule has 0 saturated heterocycles. The zero-order valence-electron chi connectivity index (χ0n) is 6.82. The maximum atomic E-state index is 12.4. The molecule has 0 N–H and O–H groups in total. The summed E-state index contributed by atoms with van der Waals surface area (Å²) >= 11 is 0. The second-order valence-electron chi connectivity index (χ2n) is 2.59. The highest BCUT2D eigenvalue weighted by Crippen LogP contribution is 2.22. The van der Waals surface area contributed by atoms with Gasteiger partial charge >= 0.3 is 0 Å². The Morgan fingerprint density at radius 2 is 1.73 bits per heavy atom. The Morgan fingerprint density at radius 3 is 2.00 bits per heavy atom. The molecule has 0 unspecified atom stereocenters. The van der Waals surface area contributed by atoms with Gasteiger partial charge in [0.15, 0.2) is 0 Å². The summed E-state index contributed by atoms with van der Waals surface area (Å²) in [4.78, 5) is 0. The minimum Gasteiger partial charge on any atom is -0.202 e. The first kappa shape index (κ1) is 10.1. The Kier molecular flexibility index (Phi) is 3.18. The molecule has 2 heteroatoms. The topological polar surface area (TPSA) is 0 Å². The maximum absolute atomic E-state index is 12.4. The van der Waals surface area contributed by atoms with Gasteiger partial charge in [-0.1, -0.05) is 30.9 Å². The van der Waals surface area contributed by atoms with Crippen LogP contribution in [0.15, 0.2) is 36.5 Å². The van der Waals surface area contributed by atoms with Crippen LogP contribution in [0.25, 0.3) is 0 Å². The lowest BCUT2D eigenvalue weighted by atomic mass is 10.1. The minimum absolute atomic E-state index is 0.194. The van der Waals surface area contributed by atoms with Gasteiger partial charge in [0.1, 0.15) is 0 Å². The van der Waals surface area contributed by atoms with Gasteiger partial charge in [-0.2, -0.15) is 0 Å². The van der Waals surface area contributed by atoms with Crippen LogP contribution in [0.3, 0.4) is 0 Å². The van der Waals surface area contributed by atoms with Crippen molar-refractivity contribution in [2.75, 3.05) is 0 Å². The van der Waals surface area contributed by atoms with Crippen LogP contribution in [0.1, 0.15) is 13.8 Å². The highest BCUT2D eigenvalue weighted by molar-refractivity contribution is 5.27. The van der Waals surface area contributed by atoms with E-state index in [-0.39, 0.29) is 5.57 Å².